The Labute approximate surface area is 185 Å². The number of carboxylic acids is 2. The molecule has 13 heteroatoms. The van der Waals surface area contributed by atoms with Crippen LogP contribution in [-0.2, 0) is 9.59 Å². The highest BCUT2D eigenvalue weighted by Gasteiger charge is 2.20. The van der Waals surface area contributed by atoms with Gasteiger partial charge in [0, 0.05) is 13.1 Å². The molecule has 3 rings (SSSR count). The number of nitrogens with zero attached hydrogens (tertiary/aromatic N) is 5. The molecule has 158 valence electrons. The molecular formula is C16H21N5O4S4. The Bertz CT molecular complexity index is 842. The van der Waals surface area contributed by atoms with Gasteiger partial charge in [0.2, 0.25) is 0 Å². The Balaban J connectivity index is 0.000000438. The first kappa shape index (κ1) is 23.7. The third-order valence-electron chi connectivity index (χ3n) is 3.65. The predicted octanol–water partition coefficient (Wildman–Crippen LogP) is 3.31. The lowest BCUT2D eigenvalue weighted by atomic mass is 10.1. The Hall–Kier alpha value is -1.54. The highest BCUT2D eigenvalue weighted by molar-refractivity contribution is 8.02. The van der Waals surface area contributed by atoms with Gasteiger partial charge in [-0.1, -0.05) is 19.4 Å². The number of thioether (sulfide) groups is 1. The highest BCUT2D eigenvalue weighted by atomic mass is 32.2. The minimum absolute atomic E-state index is 0.937. The van der Waals surface area contributed by atoms with Gasteiger partial charge in [0.1, 0.15) is 15.7 Å². The summed E-state index contributed by atoms with van der Waals surface area (Å²) < 4.78 is 17.9. The summed E-state index contributed by atoms with van der Waals surface area (Å²) in [7, 11) is 2.15. The van der Waals surface area contributed by atoms with Crippen molar-refractivity contribution in [2.24, 2.45) is 0 Å². The van der Waals surface area contributed by atoms with Crippen LogP contribution in [0.15, 0.2) is 21.2 Å². The van der Waals surface area contributed by atoms with Gasteiger partial charge in [0.05, 0.1) is 23.5 Å². The number of hydrogen-bond acceptors (Lipinski definition) is 11. The zero-order chi connectivity index (χ0) is 21.2. The molecule has 0 spiro atoms. The van der Waals surface area contributed by atoms with Gasteiger partial charge in [-0.05, 0) is 43.0 Å². The van der Waals surface area contributed by atoms with Crippen molar-refractivity contribution in [1.82, 2.24) is 22.4 Å². The standard InChI is InChI=1S/C14H19N5S4.C2H2O4/c1-3-4-8-20-13-14(18-23-17-13)21-12-11(15-22-16-12)10-6-5-7-19(2)9-10;3-1(4)2(5)6/h6H,3-5,7-9H2,1-2H3;(H,3,4)(H,5,6). The second-order valence-corrected chi connectivity index (χ2v) is 9.08. The van der Waals surface area contributed by atoms with Gasteiger partial charge < -0.3 is 15.1 Å². The van der Waals surface area contributed by atoms with E-state index in [1.54, 1.807) is 23.5 Å². The number of aromatic nitrogens is 4. The van der Waals surface area contributed by atoms with Gasteiger partial charge in [0.15, 0.2) is 5.03 Å². The largest absolute Gasteiger partial charge is 0.473 e. The van der Waals surface area contributed by atoms with E-state index in [4.69, 9.17) is 19.8 Å². The molecule has 0 bridgehead atoms. The lowest BCUT2D eigenvalue weighted by Crippen LogP contribution is -2.25. The van der Waals surface area contributed by atoms with Crippen molar-refractivity contribution in [3.8, 4) is 0 Å². The summed E-state index contributed by atoms with van der Waals surface area (Å²) in [5.41, 5.74) is 2.29. The molecule has 29 heavy (non-hydrogen) atoms. The van der Waals surface area contributed by atoms with Crippen molar-refractivity contribution < 1.29 is 19.8 Å². The van der Waals surface area contributed by atoms with E-state index in [1.807, 2.05) is 0 Å². The van der Waals surface area contributed by atoms with Gasteiger partial charge in [-0.3, -0.25) is 0 Å². The molecule has 0 saturated heterocycles. The molecule has 9 nitrogen and oxygen atoms in total. The van der Waals surface area contributed by atoms with Crippen molar-refractivity contribution in [2.45, 2.75) is 41.3 Å². The van der Waals surface area contributed by atoms with Crippen molar-refractivity contribution in [2.75, 3.05) is 25.9 Å². The first-order valence-corrected chi connectivity index (χ1v) is 12.0. The van der Waals surface area contributed by atoms with Crippen LogP contribution in [0.4, 0.5) is 0 Å². The van der Waals surface area contributed by atoms with Crippen LogP contribution < -0.4 is 0 Å². The fourth-order valence-electron chi connectivity index (χ4n) is 2.24. The minimum Gasteiger partial charge on any atom is -0.473 e. The molecular weight excluding hydrogens is 454 g/mol. The fraction of sp³-hybridized carbons (Fsp3) is 0.500. The van der Waals surface area contributed by atoms with E-state index in [0.29, 0.717) is 0 Å². The van der Waals surface area contributed by atoms with Gasteiger partial charge in [-0.15, -0.1) is 11.8 Å². The third kappa shape index (κ3) is 7.66. The molecule has 1 aliphatic heterocycles. The van der Waals surface area contributed by atoms with E-state index in [0.717, 1.165) is 46.0 Å². The molecule has 3 heterocycles. The van der Waals surface area contributed by atoms with Crippen molar-refractivity contribution in [1.29, 1.82) is 0 Å². The third-order valence-corrected chi connectivity index (χ3v) is 7.19. The highest BCUT2D eigenvalue weighted by Crippen LogP contribution is 2.37. The van der Waals surface area contributed by atoms with Crippen molar-refractivity contribution in [3.05, 3.63) is 11.8 Å². The zero-order valence-electron chi connectivity index (χ0n) is 15.9. The minimum atomic E-state index is -1.82. The molecule has 0 atom stereocenters. The van der Waals surface area contributed by atoms with Crippen LogP contribution in [0.3, 0.4) is 0 Å². The summed E-state index contributed by atoms with van der Waals surface area (Å²) in [6, 6.07) is 0. The Morgan fingerprint density at radius 1 is 1.10 bits per heavy atom. The lowest BCUT2D eigenvalue weighted by molar-refractivity contribution is -0.159. The van der Waals surface area contributed by atoms with E-state index in [1.165, 1.54) is 41.9 Å². The topological polar surface area (TPSA) is 129 Å². The Kier molecular flexibility index (Phi) is 10.0. The number of likely N-dealkylation sites (N-methyl/N-ethyl adjacent to an activating group) is 1. The second-order valence-electron chi connectivity index (χ2n) is 5.96. The molecule has 0 saturated carbocycles. The van der Waals surface area contributed by atoms with E-state index in [9.17, 15) is 0 Å². The van der Waals surface area contributed by atoms with Gasteiger partial charge in [-0.2, -0.15) is 17.5 Å². The van der Waals surface area contributed by atoms with E-state index in [-0.39, 0.29) is 0 Å². The number of hydrogen-bond donors (Lipinski definition) is 2. The average Bonchev–Trinajstić information content (AvgIpc) is 3.32. The predicted molar refractivity (Wildman–Crippen MR) is 115 cm³/mol. The molecule has 0 radical (unpaired) electrons. The Morgan fingerprint density at radius 3 is 2.41 bits per heavy atom. The fourth-order valence-corrected chi connectivity index (χ4v) is 5.75. The number of unbranched alkanes of at least 4 members (excludes halogenated alkanes) is 1. The smallest absolute Gasteiger partial charge is 0.414 e. The molecule has 1 aliphatic rings. The molecule has 2 N–H and O–H groups in total. The van der Waals surface area contributed by atoms with Crippen molar-refractivity contribution >= 4 is 64.5 Å². The molecule has 2 aromatic heterocycles. The first-order chi connectivity index (χ1) is 13.9. The van der Waals surface area contributed by atoms with Crippen molar-refractivity contribution in [3.63, 3.8) is 0 Å². The quantitative estimate of drug-likeness (QED) is 0.347. The van der Waals surface area contributed by atoms with Gasteiger partial charge in [0.25, 0.3) is 0 Å². The summed E-state index contributed by atoms with van der Waals surface area (Å²) in [4.78, 5) is 20.5. The summed E-state index contributed by atoms with van der Waals surface area (Å²) in [5.74, 6) is -2.56. The molecule has 0 aromatic carbocycles. The number of rotatable bonds is 7. The van der Waals surface area contributed by atoms with Crippen LogP contribution >= 0.6 is 47.0 Å². The van der Waals surface area contributed by atoms with Crippen LogP contribution in [-0.4, -0.2) is 70.4 Å². The first-order valence-electron chi connectivity index (χ1n) is 8.72. The Morgan fingerprint density at radius 2 is 1.76 bits per heavy atom. The maximum absolute atomic E-state index is 9.10. The van der Waals surface area contributed by atoms with E-state index in [2.05, 4.69) is 42.4 Å². The number of carbonyl (C=O) groups is 2. The van der Waals surface area contributed by atoms with Gasteiger partial charge in [-0.25, -0.2) is 9.59 Å². The number of carboxylic acid groups (broad SMARTS) is 2. The van der Waals surface area contributed by atoms with Crippen LogP contribution in [0.25, 0.3) is 5.57 Å². The molecule has 0 unspecified atom stereocenters. The molecule has 0 fully saturated rings. The normalized spacial score (nSPS) is 14.1. The monoisotopic (exact) mass is 475 g/mol. The summed E-state index contributed by atoms with van der Waals surface area (Å²) in [6.07, 6.45) is 5.77. The summed E-state index contributed by atoms with van der Waals surface area (Å²) in [5, 5.41) is 17.7. The van der Waals surface area contributed by atoms with Crippen LogP contribution in [0.2, 0.25) is 0 Å². The average molecular weight is 476 g/mol. The van der Waals surface area contributed by atoms with Crippen LogP contribution in [0.1, 0.15) is 31.9 Å². The van der Waals surface area contributed by atoms with E-state index >= 15 is 0 Å². The lowest BCUT2D eigenvalue weighted by Gasteiger charge is -2.22. The zero-order valence-corrected chi connectivity index (χ0v) is 19.2. The van der Waals surface area contributed by atoms with Crippen LogP contribution in [0.5, 0.6) is 0 Å². The number of aliphatic carboxylic acids is 2. The summed E-state index contributed by atoms with van der Waals surface area (Å²) >= 11 is 5.95. The SMILES string of the molecule is CCCCSc1nsnc1Sc1nsnc1C1=CCCN(C)C1.O=C(O)C(=O)O. The van der Waals surface area contributed by atoms with Crippen LogP contribution in [0, 0.1) is 0 Å². The maximum Gasteiger partial charge on any atom is 0.414 e. The van der Waals surface area contributed by atoms with E-state index < -0.39 is 11.9 Å². The molecule has 0 aliphatic carbocycles. The van der Waals surface area contributed by atoms with Gasteiger partial charge >= 0.3 is 11.9 Å². The summed E-state index contributed by atoms with van der Waals surface area (Å²) in [6.45, 7) is 4.25. The molecule has 0 amide bonds. The second kappa shape index (κ2) is 12.2. The molecule has 2 aromatic rings. The maximum atomic E-state index is 9.10.